The Bertz CT molecular complexity index is 528. The van der Waals surface area contributed by atoms with E-state index in [4.69, 9.17) is 9.57 Å². The SMILES string of the molecule is CONC(C(=O)OCc1ccccc1)c1ccccc1. The maximum Gasteiger partial charge on any atom is 0.330 e. The predicted molar refractivity (Wildman–Crippen MR) is 75.6 cm³/mol. The molecule has 0 aliphatic rings. The van der Waals surface area contributed by atoms with Crippen LogP contribution >= 0.6 is 0 Å². The second-order valence-electron chi connectivity index (χ2n) is 4.26. The standard InChI is InChI=1S/C16H17NO3/c1-19-17-15(14-10-6-3-7-11-14)16(18)20-12-13-8-4-2-5-9-13/h2-11,15,17H,12H2,1H3. The number of carbonyl (C=O) groups is 1. The van der Waals surface area contributed by atoms with Crippen LogP contribution in [0.3, 0.4) is 0 Å². The van der Waals surface area contributed by atoms with Gasteiger partial charge in [0, 0.05) is 0 Å². The molecule has 0 saturated heterocycles. The molecule has 0 radical (unpaired) electrons. The Morgan fingerprint density at radius 2 is 1.65 bits per heavy atom. The number of hydrogen-bond acceptors (Lipinski definition) is 4. The predicted octanol–water partition coefficient (Wildman–Crippen LogP) is 2.62. The molecule has 0 aromatic heterocycles. The monoisotopic (exact) mass is 271 g/mol. The Labute approximate surface area is 118 Å². The van der Waals surface area contributed by atoms with E-state index >= 15 is 0 Å². The molecule has 2 aromatic rings. The number of hydrogen-bond donors (Lipinski definition) is 1. The van der Waals surface area contributed by atoms with E-state index in [-0.39, 0.29) is 12.6 Å². The van der Waals surface area contributed by atoms with E-state index in [1.54, 1.807) is 0 Å². The van der Waals surface area contributed by atoms with Gasteiger partial charge in [-0.1, -0.05) is 60.7 Å². The van der Waals surface area contributed by atoms with E-state index < -0.39 is 6.04 Å². The average Bonchev–Trinajstić information content (AvgIpc) is 2.52. The van der Waals surface area contributed by atoms with Gasteiger partial charge in [-0.15, -0.1) is 0 Å². The van der Waals surface area contributed by atoms with Gasteiger partial charge in [0.15, 0.2) is 6.04 Å². The number of nitrogens with one attached hydrogen (secondary N) is 1. The van der Waals surface area contributed by atoms with Crippen LogP contribution in [0, 0.1) is 0 Å². The van der Waals surface area contributed by atoms with Crippen molar-refractivity contribution in [3.05, 3.63) is 71.8 Å². The Hall–Kier alpha value is -2.17. The molecule has 0 spiro atoms. The summed E-state index contributed by atoms with van der Waals surface area (Å²) >= 11 is 0. The molecule has 0 aliphatic heterocycles. The number of esters is 1. The van der Waals surface area contributed by atoms with Gasteiger partial charge in [0.1, 0.15) is 6.61 Å². The summed E-state index contributed by atoms with van der Waals surface area (Å²) in [7, 11) is 1.47. The van der Waals surface area contributed by atoms with Gasteiger partial charge in [-0.3, -0.25) is 0 Å². The van der Waals surface area contributed by atoms with Gasteiger partial charge >= 0.3 is 5.97 Å². The average molecular weight is 271 g/mol. The van der Waals surface area contributed by atoms with Gasteiger partial charge in [0.2, 0.25) is 0 Å². The van der Waals surface area contributed by atoms with Crippen LogP contribution in [0.1, 0.15) is 17.2 Å². The highest BCUT2D eigenvalue weighted by atomic mass is 16.6. The topological polar surface area (TPSA) is 47.6 Å². The first-order valence-corrected chi connectivity index (χ1v) is 6.35. The molecule has 0 heterocycles. The zero-order valence-electron chi connectivity index (χ0n) is 11.3. The van der Waals surface area contributed by atoms with Crippen LogP contribution in [0.25, 0.3) is 0 Å². The van der Waals surface area contributed by atoms with Crippen molar-refractivity contribution in [2.24, 2.45) is 0 Å². The molecule has 2 aromatic carbocycles. The minimum absolute atomic E-state index is 0.244. The van der Waals surface area contributed by atoms with Gasteiger partial charge < -0.3 is 9.57 Å². The van der Waals surface area contributed by atoms with Crippen LogP contribution in [0.15, 0.2) is 60.7 Å². The number of ether oxygens (including phenoxy) is 1. The Kier molecular flexibility index (Phi) is 5.29. The maximum absolute atomic E-state index is 12.1. The van der Waals surface area contributed by atoms with Gasteiger partial charge in [-0.25, -0.2) is 4.79 Å². The van der Waals surface area contributed by atoms with Crippen molar-refractivity contribution in [1.82, 2.24) is 5.48 Å². The normalized spacial score (nSPS) is 11.8. The molecular weight excluding hydrogens is 254 g/mol. The molecule has 0 bridgehead atoms. The third-order valence-electron chi connectivity index (χ3n) is 2.83. The van der Waals surface area contributed by atoms with Crippen LogP contribution < -0.4 is 5.48 Å². The summed E-state index contributed by atoms with van der Waals surface area (Å²) in [5.41, 5.74) is 4.41. The first-order valence-electron chi connectivity index (χ1n) is 6.35. The molecule has 0 fully saturated rings. The fraction of sp³-hybridized carbons (Fsp3) is 0.188. The van der Waals surface area contributed by atoms with E-state index in [9.17, 15) is 4.79 Å². The molecule has 1 unspecified atom stereocenters. The molecule has 20 heavy (non-hydrogen) atoms. The van der Waals surface area contributed by atoms with Crippen LogP contribution in [0.5, 0.6) is 0 Å². The van der Waals surface area contributed by atoms with E-state index in [0.717, 1.165) is 11.1 Å². The highest BCUT2D eigenvalue weighted by Crippen LogP contribution is 2.15. The number of hydroxylamine groups is 1. The molecule has 1 N–H and O–H groups in total. The van der Waals surface area contributed by atoms with Crippen molar-refractivity contribution in [1.29, 1.82) is 0 Å². The first-order chi connectivity index (χ1) is 9.81. The summed E-state index contributed by atoms with van der Waals surface area (Å²) < 4.78 is 5.32. The number of rotatable bonds is 6. The smallest absolute Gasteiger partial charge is 0.330 e. The molecule has 104 valence electrons. The molecule has 1 atom stereocenters. The second kappa shape index (κ2) is 7.43. The summed E-state index contributed by atoms with van der Waals surface area (Å²) in [6, 6.07) is 18.2. The minimum atomic E-state index is -0.634. The summed E-state index contributed by atoms with van der Waals surface area (Å²) in [6.45, 7) is 0.244. The summed E-state index contributed by atoms with van der Waals surface area (Å²) in [4.78, 5) is 17.0. The fourth-order valence-electron chi connectivity index (χ4n) is 1.83. The van der Waals surface area contributed by atoms with Gasteiger partial charge in [0.05, 0.1) is 7.11 Å². The lowest BCUT2D eigenvalue weighted by atomic mass is 10.1. The molecule has 0 saturated carbocycles. The second-order valence-corrected chi connectivity index (χ2v) is 4.26. The lowest BCUT2D eigenvalue weighted by Gasteiger charge is -2.16. The van der Waals surface area contributed by atoms with Crippen molar-refractivity contribution >= 4 is 5.97 Å². The highest BCUT2D eigenvalue weighted by Gasteiger charge is 2.21. The van der Waals surface area contributed by atoms with Gasteiger partial charge in [0.25, 0.3) is 0 Å². The van der Waals surface area contributed by atoms with Crippen molar-refractivity contribution in [2.75, 3.05) is 7.11 Å². The fourth-order valence-corrected chi connectivity index (χ4v) is 1.83. The van der Waals surface area contributed by atoms with E-state index in [0.29, 0.717) is 0 Å². The van der Waals surface area contributed by atoms with E-state index in [1.165, 1.54) is 7.11 Å². The zero-order valence-corrected chi connectivity index (χ0v) is 11.3. The third kappa shape index (κ3) is 3.91. The number of benzene rings is 2. The summed E-state index contributed by atoms with van der Waals surface area (Å²) in [5, 5.41) is 0. The van der Waals surface area contributed by atoms with Crippen molar-refractivity contribution in [2.45, 2.75) is 12.6 Å². The van der Waals surface area contributed by atoms with Crippen LogP contribution in [-0.2, 0) is 21.0 Å². The Morgan fingerprint density at radius 3 is 2.25 bits per heavy atom. The van der Waals surface area contributed by atoms with Crippen LogP contribution in [0.2, 0.25) is 0 Å². The lowest BCUT2D eigenvalue weighted by molar-refractivity contribution is -0.151. The van der Waals surface area contributed by atoms with Crippen LogP contribution in [-0.4, -0.2) is 13.1 Å². The van der Waals surface area contributed by atoms with Crippen molar-refractivity contribution < 1.29 is 14.4 Å². The Morgan fingerprint density at radius 1 is 1.05 bits per heavy atom. The van der Waals surface area contributed by atoms with Crippen molar-refractivity contribution in [3.63, 3.8) is 0 Å². The molecule has 0 aliphatic carbocycles. The van der Waals surface area contributed by atoms with Crippen molar-refractivity contribution in [3.8, 4) is 0 Å². The third-order valence-corrected chi connectivity index (χ3v) is 2.83. The number of carbonyl (C=O) groups excluding carboxylic acids is 1. The zero-order chi connectivity index (χ0) is 14.2. The summed E-state index contributed by atoms with van der Waals surface area (Å²) in [5.74, 6) is -0.373. The molecule has 4 heteroatoms. The maximum atomic E-state index is 12.1. The largest absolute Gasteiger partial charge is 0.459 e. The lowest BCUT2D eigenvalue weighted by Crippen LogP contribution is -2.29. The first kappa shape index (κ1) is 14.2. The quantitative estimate of drug-likeness (QED) is 0.648. The van der Waals surface area contributed by atoms with Gasteiger partial charge in [-0.05, 0) is 11.1 Å². The molecule has 2 rings (SSSR count). The van der Waals surface area contributed by atoms with Gasteiger partial charge in [-0.2, -0.15) is 5.48 Å². The highest BCUT2D eigenvalue weighted by molar-refractivity contribution is 5.77. The van der Waals surface area contributed by atoms with Crippen LogP contribution in [0.4, 0.5) is 0 Å². The summed E-state index contributed by atoms with van der Waals surface area (Å²) in [6.07, 6.45) is 0. The molecular formula is C16H17NO3. The minimum Gasteiger partial charge on any atom is -0.459 e. The molecule has 4 nitrogen and oxygen atoms in total. The van der Waals surface area contributed by atoms with E-state index in [1.807, 2.05) is 60.7 Å². The van der Waals surface area contributed by atoms with E-state index in [2.05, 4.69) is 5.48 Å². The Balaban J connectivity index is 2.01. The molecule has 0 amide bonds.